The van der Waals surface area contributed by atoms with Crippen LogP contribution in [0.25, 0.3) is 11.3 Å². The Morgan fingerprint density at radius 2 is 1.71 bits per heavy atom. The number of ether oxygens (including phenoxy) is 2. The normalized spacial score (nSPS) is 21.3. The van der Waals surface area contributed by atoms with E-state index in [0.29, 0.717) is 38.0 Å². The molecule has 2 aliphatic heterocycles. The molecule has 3 heterocycles. The third-order valence-corrected chi connectivity index (χ3v) is 10.4. The van der Waals surface area contributed by atoms with Gasteiger partial charge < -0.3 is 25.0 Å². The van der Waals surface area contributed by atoms with Crippen LogP contribution < -0.4 is 20.1 Å². The smallest absolute Gasteiger partial charge is 0.407 e. The van der Waals surface area contributed by atoms with E-state index in [1.54, 1.807) is 31.7 Å². The molecule has 1 spiro atoms. The quantitative estimate of drug-likeness (QED) is 0.353. The van der Waals surface area contributed by atoms with Crippen LogP contribution >= 0.6 is 0 Å². The van der Waals surface area contributed by atoms with Crippen molar-refractivity contribution in [3.63, 3.8) is 0 Å². The lowest BCUT2D eigenvalue weighted by molar-refractivity contribution is -0.139. The van der Waals surface area contributed by atoms with Crippen molar-refractivity contribution in [2.24, 2.45) is 5.92 Å². The molecule has 1 saturated carbocycles. The summed E-state index contributed by atoms with van der Waals surface area (Å²) in [5.41, 5.74) is 1.38. The van der Waals surface area contributed by atoms with E-state index in [1.807, 2.05) is 32.0 Å². The summed E-state index contributed by atoms with van der Waals surface area (Å²) >= 11 is 0. The number of hydrogen-bond acceptors (Lipinski definition) is 9. The fourth-order valence-corrected chi connectivity index (χ4v) is 7.73. The number of amides is 3. The van der Waals surface area contributed by atoms with Crippen molar-refractivity contribution in [2.45, 2.75) is 89.0 Å². The maximum atomic E-state index is 13.7. The largest absolute Gasteiger partial charge is 0.451 e. The Bertz CT molecular complexity index is 1880. The first-order valence-corrected chi connectivity index (χ1v) is 18.0. The van der Waals surface area contributed by atoms with E-state index in [9.17, 15) is 22.8 Å². The van der Waals surface area contributed by atoms with Gasteiger partial charge in [0.1, 0.15) is 5.60 Å². The van der Waals surface area contributed by atoms with Crippen LogP contribution in [0.1, 0.15) is 74.4 Å². The molecular weight excluding hydrogens is 648 g/mol. The molecule has 4 bridgehead atoms. The van der Waals surface area contributed by atoms with Crippen LogP contribution in [-0.4, -0.2) is 71.7 Å². The van der Waals surface area contributed by atoms with E-state index in [-0.39, 0.29) is 53.0 Å². The van der Waals surface area contributed by atoms with Crippen molar-refractivity contribution < 1.29 is 32.3 Å². The number of benzene rings is 2. The van der Waals surface area contributed by atoms with Gasteiger partial charge in [0.2, 0.25) is 17.7 Å². The molecule has 6 rings (SSSR count). The van der Waals surface area contributed by atoms with Crippen molar-refractivity contribution in [3.8, 4) is 17.1 Å². The van der Waals surface area contributed by atoms with Gasteiger partial charge in [0.05, 0.1) is 10.6 Å². The van der Waals surface area contributed by atoms with Crippen LogP contribution in [0.3, 0.4) is 0 Å². The summed E-state index contributed by atoms with van der Waals surface area (Å²) in [7, 11) is -4.15. The first kappa shape index (κ1) is 34.2. The molecule has 3 aliphatic rings. The Kier molecular flexibility index (Phi) is 9.03. The fraction of sp³-hybridized carbons (Fsp3) is 0.457. The second-order valence-corrected chi connectivity index (χ2v) is 15.7. The number of anilines is 1. The number of sulfonamides is 1. The average molecular weight is 691 g/mol. The number of aryl methyl sites for hydroxylation is 2. The molecule has 3 N–H and O–H groups in total. The molecule has 0 radical (unpaired) electrons. The monoisotopic (exact) mass is 690 g/mol. The van der Waals surface area contributed by atoms with Gasteiger partial charge in [-0.3, -0.25) is 9.59 Å². The molecule has 2 atom stereocenters. The van der Waals surface area contributed by atoms with Crippen molar-refractivity contribution >= 4 is 33.9 Å². The highest BCUT2D eigenvalue weighted by Crippen LogP contribution is 2.35. The zero-order valence-corrected chi connectivity index (χ0v) is 29.1. The van der Waals surface area contributed by atoms with Crippen LogP contribution in [0.4, 0.5) is 10.7 Å². The molecule has 260 valence electrons. The second-order valence-electron chi connectivity index (χ2n) is 14.0. The number of piperidine rings is 1. The predicted octanol–water partition coefficient (Wildman–Crippen LogP) is 4.70. The number of rotatable bonds is 3. The number of alkyl carbamates (subject to hydrolysis) is 1. The van der Waals surface area contributed by atoms with E-state index >= 15 is 0 Å². The minimum atomic E-state index is -4.15. The number of hydrogen-bond donors (Lipinski definition) is 3. The van der Waals surface area contributed by atoms with Gasteiger partial charge in [0.15, 0.2) is 5.72 Å². The average Bonchev–Trinajstić information content (AvgIpc) is 3.47. The molecule has 2 aromatic carbocycles. The van der Waals surface area contributed by atoms with Crippen LogP contribution in [0, 0.1) is 19.8 Å². The zero-order valence-electron chi connectivity index (χ0n) is 28.3. The Morgan fingerprint density at radius 3 is 2.41 bits per heavy atom. The van der Waals surface area contributed by atoms with Gasteiger partial charge in [-0.05, 0) is 83.2 Å². The summed E-state index contributed by atoms with van der Waals surface area (Å²) in [6.07, 6.45) is 1.84. The van der Waals surface area contributed by atoms with Crippen LogP contribution in [-0.2, 0) is 19.6 Å². The topological polar surface area (TPSA) is 169 Å². The number of carbonyl (C=O) groups is 3. The number of carbonyl (C=O) groups excluding carboxylic acids is 3. The Labute approximate surface area is 286 Å². The number of likely N-dealkylation sites (tertiary alicyclic amines) is 1. The molecule has 2 fully saturated rings. The van der Waals surface area contributed by atoms with Crippen LogP contribution in [0.15, 0.2) is 53.4 Å². The molecule has 3 amide bonds. The molecular formula is C35H42N6O7S. The number of aromatic nitrogens is 2. The summed E-state index contributed by atoms with van der Waals surface area (Å²) in [5, 5.41) is 5.91. The van der Waals surface area contributed by atoms with Crippen LogP contribution in [0.5, 0.6) is 5.88 Å². The summed E-state index contributed by atoms with van der Waals surface area (Å²) in [6.45, 7) is 9.88. The highest BCUT2D eigenvalue weighted by molar-refractivity contribution is 7.92. The van der Waals surface area contributed by atoms with Gasteiger partial charge >= 0.3 is 6.09 Å². The lowest BCUT2D eigenvalue weighted by Gasteiger charge is -2.42. The maximum absolute atomic E-state index is 13.7. The van der Waals surface area contributed by atoms with Crippen molar-refractivity contribution in [3.05, 3.63) is 65.2 Å². The maximum Gasteiger partial charge on any atom is 0.407 e. The molecule has 1 aliphatic carbocycles. The summed E-state index contributed by atoms with van der Waals surface area (Å²) in [6, 6.07) is 13.0. The third kappa shape index (κ3) is 7.64. The lowest BCUT2D eigenvalue weighted by atomic mass is 9.96. The first-order valence-electron chi connectivity index (χ1n) is 16.5. The minimum absolute atomic E-state index is 0.00781. The van der Waals surface area contributed by atoms with Gasteiger partial charge in [-0.2, -0.15) is 4.98 Å². The standard InChI is InChI=1S/C35H42N6O7S/c1-21-8-6-9-22(2)29(21)27-20-28-38-32(37-27)40-49(45,46)26-11-7-10-23(19-26)30(42)39-35(47-28)14-16-41(17-15-35)31(43)24-12-13-25(18-24)36-33(44)48-34(3,4)5/h6-11,19-20,24-25H,12-18H2,1-5H3,(H,36,44)(H,39,42)(H,37,38,40). The zero-order chi connectivity index (χ0) is 35.1. The first-order chi connectivity index (χ1) is 23.1. The molecule has 14 heteroatoms. The summed E-state index contributed by atoms with van der Waals surface area (Å²) < 4.78 is 41.2. The molecule has 13 nitrogen and oxygen atoms in total. The Hall–Kier alpha value is -4.72. The predicted molar refractivity (Wildman–Crippen MR) is 181 cm³/mol. The van der Waals surface area contributed by atoms with E-state index in [1.165, 1.54) is 24.3 Å². The van der Waals surface area contributed by atoms with E-state index < -0.39 is 33.3 Å². The molecule has 1 saturated heterocycles. The molecule has 49 heavy (non-hydrogen) atoms. The van der Waals surface area contributed by atoms with E-state index in [4.69, 9.17) is 9.47 Å². The van der Waals surface area contributed by atoms with E-state index in [0.717, 1.165) is 16.7 Å². The number of nitrogens with zero attached hydrogens (tertiary/aromatic N) is 3. The molecule has 1 aromatic heterocycles. The Balaban J connectivity index is 1.27. The van der Waals surface area contributed by atoms with Gasteiger partial charge in [0, 0.05) is 55.1 Å². The number of fused-ring (bicyclic) bond motifs is 4. The molecule has 2 unspecified atom stereocenters. The van der Waals surface area contributed by atoms with Gasteiger partial charge in [-0.1, -0.05) is 24.3 Å². The van der Waals surface area contributed by atoms with Crippen molar-refractivity contribution in [2.75, 3.05) is 17.8 Å². The fourth-order valence-electron chi connectivity index (χ4n) is 6.74. The van der Waals surface area contributed by atoms with Gasteiger partial charge in [0.25, 0.3) is 15.9 Å². The summed E-state index contributed by atoms with van der Waals surface area (Å²) in [4.78, 5) is 50.3. The second kappa shape index (κ2) is 13.0. The van der Waals surface area contributed by atoms with E-state index in [2.05, 4.69) is 25.3 Å². The Morgan fingerprint density at radius 1 is 1.02 bits per heavy atom. The van der Waals surface area contributed by atoms with Gasteiger partial charge in [-0.25, -0.2) is 22.9 Å². The minimum Gasteiger partial charge on any atom is -0.451 e. The SMILES string of the molecule is Cc1cccc(C)c1-c1cc2nc(n1)NS(=O)(=O)c1cccc(c1)C(=O)NC1(CCN(C(=O)C3CCC(NC(=O)OC(C)(C)C)C3)CC1)O2. The van der Waals surface area contributed by atoms with Crippen molar-refractivity contribution in [1.29, 1.82) is 0 Å². The van der Waals surface area contributed by atoms with Crippen molar-refractivity contribution in [1.82, 2.24) is 25.5 Å². The summed E-state index contributed by atoms with van der Waals surface area (Å²) in [5.74, 6) is -0.881. The highest BCUT2D eigenvalue weighted by Gasteiger charge is 2.43. The third-order valence-electron chi connectivity index (χ3n) is 9.10. The molecule has 3 aromatic rings. The lowest BCUT2D eigenvalue weighted by Crippen LogP contribution is -2.60. The highest BCUT2D eigenvalue weighted by atomic mass is 32.2. The van der Waals surface area contributed by atoms with Crippen LogP contribution in [0.2, 0.25) is 0 Å². The van der Waals surface area contributed by atoms with Gasteiger partial charge in [-0.15, -0.1) is 0 Å². The number of nitrogens with one attached hydrogen (secondary N) is 3.